The van der Waals surface area contributed by atoms with E-state index in [1.807, 2.05) is 31.2 Å². The summed E-state index contributed by atoms with van der Waals surface area (Å²) in [5.41, 5.74) is 4.80. The average Bonchev–Trinajstić information content (AvgIpc) is 2.45. The van der Waals surface area contributed by atoms with Crippen LogP contribution < -0.4 is 20.7 Å². The fourth-order valence-electron chi connectivity index (χ4n) is 1.79. The van der Waals surface area contributed by atoms with Crippen molar-refractivity contribution in [3.63, 3.8) is 0 Å². The van der Waals surface area contributed by atoms with Crippen molar-refractivity contribution in [2.24, 2.45) is 5.84 Å². The molecule has 0 fully saturated rings. The van der Waals surface area contributed by atoms with E-state index in [9.17, 15) is 0 Å². The first kappa shape index (κ1) is 13.1. The third-order valence-corrected chi connectivity index (χ3v) is 2.67. The summed E-state index contributed by atoms with van der Waals surface area (Å²) in [6.07, 6.45) is 0. The Kier molecular flexibility index (Phi) is 3.82. The molecule has 19 heavy (non-hydrogen) atoms. The zero-order valence-corrected chi connectivity index (χ0v) is 11.1. The highest BCUT2D eigenvalue weighted by atomic mass is 16.5. The molecule has 0 bridgehead atoms. The molecule has 0 saturated heterocycles. The van der Waals surface area contributed by atoms with Gasteiger partial charge in [-0.15, -0.1) is 0 Å². The molecule has 2 aromatic rings. The lowest BCUT2D eigenvalue weighted by molar-refractivity contribution is 0.404. The molecule has 6 heteroatoms. The highest BCUT2D eigenvalue weighted by Crippen LogP contribution is 2.32. The summed E-state index contributed by atoms with van der Waals surface area (Å²) in [5.74, 6) is 7.16. The molecular formula is C13H16N4O2. The van der Waals surface area contributed by atoms with Crippen LogP contribution in [-0.2, 0) is 0 Å². The standard InChI is InChI=1S/C13H16N4O2/c1-8-6-11(16-13(15-8)17-14)10-7-9(18-2)4-5-12(10)19-3/h4-7H,14H2,1-3H3,(H,15,16,17). The third kappa shape index (κ3) is 2.74. The first-order valence-electron chi connectivity index (χ1n) is 5.72. The van der Waals surface area contributed by atoms with Gasteiger partial charge in [0.15, 0.2) is 0 Å². The number of methoxy groups -OCH3 is 2. The zero-order chi connectivity index (χ0) is 13.8. The van der Waals surface area contributed by atoms with Gasteiger partial charge < -0.3 is 9.47 Å². The molecule has 1 heterocycles. The fourth-order valence-corrected chi connectivity index (χ4v) is 1.79. The summed E-state index contributed by atoms with van der Waals surface area (Å²) < 4.78 is 10.6. The molecule has 0 amide bonds. The van der Waals surface area contributed by atoms with Gasteiger partial charge in [-0.3, -0.25) is 5.43 Å². The van der Waals surface area contributed by atoms with Crippen LogP contribution in [0.4, 0.5) is 5.95 Å². The van der Waals surface area contributed by atoms with Crippen molar-refractivity contribution in [1.29, 1.82) is 0 Å². The van der Waals surface area contributed by atoms with E-state index in [1.54, 1.807) is 14.2 Å². The van der Waals surface area contributed by atoms with E-state index in [-0.39, 0.29) is 0 Å². The maximum Gasteiger partial charge on any atom is 0.237 e. The first-order chi connectivity index (χ1) is 9.17. The van der Waals surface area contributed by atoms with Crippen molar-refractivity contribution in [2.75, 3.05) is 19.6 Å². The third-order valence-electron chi connectivity index (χ3n) is 2.67. The van der Waals surface area contributed by atoms with E-state index in [2.05, 4.69) is 15.4 Å². The highest BCUT2D eigenvalue weighted by molar-refractivity contribution is 5.70. The van der Waals surface area contributed by atoms with Crippen LogP contribution in [0.1, 0.15) is 5.69 Å². The van der Waals surface area contributed by atoms with E-state index in [0.29, 0.717) is 11.7 Å². The number of nitrogen functional groups attached to an aromatic ring is 1. The molecule has 0 aliphatic carbocycles. The van der Waals surface area contributed by atoms with Crippen LogP contribution in [0.2, 0.25) is 0 Å². The molecule has 1 aromatic carbocycles. The molecule has 0 aliphatic rings. The number of nitrogens with zero attached hydrogens (tertiary/aromatic N) is 2. The van der Waals surface area contributed by atoms with Crippen LogP contribution in [0.15, 0.2) is 24.3 Å². The number of ether oxygens (including phenoxy) is 2. The minimum Gasteiger partial charge on any atom is -0.497 e. The van der Waals surface area contributed by atoms with Gasteiger partial charge in [0.2, 0.25) is 5.95 Å². The molecular weight excluding hydrogens is 244 g/mol. The number of nitrogens with two attached hydrogens (primary N) is 1. The number of anilines is 1. The largest absolute Gasteiger partial charge is 0.497 e. The van der Waals surface area contributed by atoms with Gasteiger partial charge in [0.25, 0.3) is 0 Å². The monoisotopic (exact) mass is 260 g/mol. The van der Waals surface area contributed by atoms with E-state index < -0.39 is 0 Å². The normalized spacial score (nSPS) is 10.1. The smallest absolute Gasteiger partial charge is 0.237 e. The summed E-state index contributed by atoms with van der Waals surface area (Å²) in [5, 5.41) is 0. The van der Waals surface area contributed by atoms with Gasteiger partial charge in [-0.2, -0.15) is 0 Å². The van der Waals surface area contributed by atoms with Crippen molar-refractivity contribution in [1.82, 2.24) is 9.97 Å². The number of aromatic nitrogens is 2. The summed E-state index contributed by atoms with van der Waals surface area (Å²) >= 11 is 0. The van der Waals surface area contributed by atoms with Crippen LogP contribution in [0.5, 0.6) is 11.5 Å². The highest BCUT2D eigenvalue weighted by Gasteiger charge is 2.11. The fraction of sp³-hybridized carbons (Fsp3) is 0.231. The Hall–Kier alpha value is -2.34. The van der Waals surface area contributed by atoms with Crippen molar-refractivity contribution < 1.29 is 9.47 Å². The lowest BCUT2D eigenvalue weighted by atomic mass is 10.1. The van der Waals surface area contributed by atoms with E-state index in [4.69, 9.17) is 15.3 Å². The van der Waals surface area contributed by atoms with Crippen LogP contribution in [-0.4, -0.2) is 24.2 Å². The minimum atomic E-state index is 0.361. The maximum absolute atomic E-state index is 5.36. The Labute approximate surface area is 111 Å². The van der Waals surface area contributed by atoms with Crippen LogP contribution in [0.3, 0.4) is 0 Å². The van der Waals surface area contributed by atoms with Gasteiger partial charge in [-0.25, -0.2) is 15.8 Å². The second kappa shape index (κ2) is 5.53. The molecule has 0 radical (unpaired) electrons. The lowest BCUT2D eigenvalue weighted by Gasteiger charge is -2.11. The quantitative estimate of drug-likeness (QED) is 0.644. The predicted molar refractivity (Wildman–Crippen MR) is 73.1 cm³/mol. The molecule has 0 saturated carbocycles. The van der Waals surface area contributed by atoms with Crippen molar-refractivity contribution in [3.05, 3.63) is 30.0 Å². The van der Waals surface area contributed by atoms with Crippen LogP contribution in [0.25, 0.3) is 11.3 Å². The molecule has 100 valence electrons. The van der Waals surface area contributed by atoms with E-state index in [1.165, 1.54) is 0 Å². The maximum atomic E-state index is 5.36. The number of nitrogens with one attached hydrogen (secondary N) is 1. The molecule has 6 nitrogen and oxygen atoms in total. The van der Waals surface area contributed by atoms with E-state index in [0.717, 1.165) is 22.7 Å². The second-order valence-corrected chi connectivity index (χ2v) is 3.93. The number of hydrazine groups is 1. The topological polar surface area (TPSA) is 82.3 Å². The number of aryl methyl sites for hydroxylation is 1. The molecule has 2 rings (SSSR count). The first-order valence-corrected chi connectivity index (χ1v) is 5.72. The van der Waals surface area contributed by atoms with Gasteiger partial charge >= 0.3 is 0 Å². The molecule has 1 aromatic heterocycles. The van der Waals surface area contributed by atoms with E-state index >= 15 is 0 Å². The Morgan fingerprint density at radius 3 is 2.53 bits per heavy atom. The SMILES string of the molecule is COc1ccc(OC)c(-c2cc(C)nc(NN)n2)c1. The summed E-state index contributed by atoms with van der Waals surface area (Å²) in [6, 6.07) is 7.39. The van der Waals surface area contributed by atoms with Crippen LogP contribution in [0, 0.1) is 6.92 Å². The lowest BCUT2D eigenvalue weighted by Crippen LogP contribution is -2.11. The predicted octanol–water partition coefficient (Wildman–Crippen LogP) is 1.75. The number of benzene rings is 1. The number of rotatable bonds is 4. The van der Waals surface area contributed by atoms with Gasteiger partial charge in [0, 0.05) is 11.3 Å². The molecule has 0 spiro atoms. The van der Waals surface area contributed by atoms with Gasteiger partial charge in [-0.05, 0) is 31.2 Å². The van der Waals surface area contributed by atoms with Gasteiger partial charge in [0.1, 0.15) is 11.5 Å². The van der Waals surface area contributed by atoms with Crippen LogP contribution >= 0.6 is 0 Å². The number of hydrogen-bond donors (Lipinski definition) is 2. The number of hydrogen-bond acceptors (Lipinski definition) is 6. The Morgan fingerprint density at radius 2 is 1.89 bits per heavy atom. The summed E-state index contributed by atoms with van der Waals surface area (Å²) in [4.78, 5) is 8.48. The molecule has 0 unspecified atom stereocenters. The summed E-state index contributed by atoms with van der Waals surface area (Å²) in [6.45, 7) is 1.87. The van der Waals surface area contributed by atoms with Gasteiger partial charge in [0.05, 0.1) is 19.9 Å². The molecule has 0 aliphatic heterocycles. The Morgan fingerprint density at radius 1 is 1.11 bits per heavy atom. The second-order valence-electron chi connectivity index (χ2n) is 3.93. The molecule has 3 N–H and O–H groups in total. The Bertz CT molecular complexity index is 587. The van der Waals surface area contributed by atoms with Crippen molar-refractivity contribution in [3.8, 4) is 22.8 Å². The minimum absolute atomic E-state index is 0.361. The van der Waals surface area contributed by atoms with Gasteiger partial charge in [-0.1, -0.05) is 0 Å². The van der Waals surface area contributed by atoms with Crippen molar-refractivity contribution in [2.45, 2.75) is 6.92 Å². The summed E-state index contributed by atoms with van der Waals surface area (Å²) in [7, 11) is 3.23. The average molecular weight is 260 g/mol. The van der Waals surface area contributed by atoms with Crippen molar-refractivity contribution >= 4 is 5.95 Å². The molecule has 0 atom stereocenters. The Balaban J connectivity index is 2.59. The zero-order valence-electron chi connectivity index (χ0n) is 11.1.